The number of carbonyl (C=O) groups is 1. The molecule has 0 bridgehead atoms. The van der Waals surface area contributed by atoms with Crippen molar-refractivity contribution in [1.29, 1.82) is 0 Å². The minimum Gasteiger partial charge on any atom is -0.443 e. The van der Waals surface area contributed by atoms with Gasteiger partial charge in [-0.25, -0.2) is 24.9 Å². The Morgan fingerprint density at radius 2 is 2.17 bits per heavy atom. The van der Waals surface area contributed by atoms with Crippen LogP contribution in [0, 0.1) is 3.70 Å². The van der Waals surface area contributed by atoms with Crippen molar-refractivity contribution in [2.75, 3.05) is 5.73 Å². The van der Waals surface area contributed by atoms with Crippen molar-refractivity contribution in [3.8, 4) is 0 Å². The largest absolute Gasteiger partial charge is 0.443 e. The number of carbonyl (C=O) groups excluding carboxylic acids is 1. The zero-order chi connectivity index (χ0) is 17.5. The number of nitrogens with two attached hydrogens (primary N) is 1. The molecule has 0 spiro atoms. The van der Waals surface area contributed by atoms with Crippen molar-refractivity contribution in [2.24, 2.45) is 0 Å². The third kappa shape index (κ3) is 3.38. The highest BCUT2D eigenvalue weighted by Gasteiger charge is 2.35. The molecule has 1 fully saturated rings. The van der Waals surface area contributed by atoms with E-state index in [2.05, 4.69) is 48.5 Å². The number of nitrogens with zero attached hydrogens (tertiary/aromatic N) is 4. The molecule has 130 valence electrons. The van der Waals surface area contributed by atoms with Gasteiger partial charge in [0.2, 0.25) is 0 Å². The Morgan fingerprint density at radius 3 is 2.79 bits per heavy atom. The molecule has 0 aliphatic heterocycles. The molecule has 9 nitrogen and oxygen atoms in total. The molecule has 2 aromatic rings. The molecule has 4 N–H and O–H groups in total. The first-order chi connectivity index (χ1) is 11.3. The summed E-state index contributed by atoms with van der Waals surface area (Å²) in [4.78, 5) is 20.1. The van der Waals surface area contributed by atoms with Crippen LogP contribution in [0.3, 0.4) is 0 Å². The highest BCUT2D eigenvalue weighted by atomic mass is 127. The first kappa shape index (κ1) is 17.1. The molecule has 2 aromatic heterocycles. The lowest BCUT2D eigenvalue weighted by atomic mass is 9.87. The molecule has 0 aromatic carbocycles. The van der Waals surface area contributed by atoms with Gasteiger partial charge >= 0.3 is 6.09 Å². The summed E-state index contributed by atoms with van der Waals surface area (Å²) in [6.45, 7) is 5.46. The van der Waals surface area contributed by atoms with E-state index in [-0.39, 0.29) is 12.1 Å². The number of amides is 1. The normalized spacial score (nSPS) is 20.7. The Kier molecular flexibility index (Phi) is 4.51. The van der Waals surface area contributed by atoms with Gasteiger partial charge < -0.3 is 10.5 Å². The van der Waals surface area contributed by atoms with Crippen LogP contribution in [-0.4, -0.2) is 37.5 Å². The SMILES string of the molecule is CC(C)(C)OC(=O)NN[C@@H]1CC[C@H]1n1nc(I)c2c(N)ncnc21. The van der Waals surface area contributed by atoms with Crippen LogP contribution < -0.4 is 16.6 Å². The van der Waals surface area contributed by atoms with Crippen LogP contribution in [0.1, 0.15) is 39.7 Å². The number of nitrogen functional groups attached to an aromatic ring is 1. The lowest BCUT2D eigenvalue weighted by Gasteiger charge is -2.37. The predicted octanol–water partition coefficient (Wildman–Crippen LogP) is 1.75. The fraction of sp³-hybridized carbons (Fsp3) is 0.571. The smallest absolute Gasteiger partial charge is 0.422 e. The van der Waals surface area contributed by atoms with Crippen molar-refractivity contribution in [2.45, 2.75) is 51.3 Å². The highest BCUT2D eigenvalue weighted by molar-refractivity contribution is 14.1. The number of anilines is 1. The van der Waals surface area contributed by atoms with Crippen molar-refractivity contribution in [3.63, 3.8) is 0 Å². The molecule has 10 heteroatoms. The second kappa shape index (κ2) is 6.31. The molecule has 0 radical (unpaired) electrons. The van der Waals surface area contributed by atoms with Crippen molar-refractivity contribution >= 4 is 45.5 Å². The molecule has 1 aliphatic rings. The van der Waals surface area contributed by atoms with Crippen LogP contribution in [0.2, 0.25) is 0 Å². The van der Waals surface area contributed by atoms with Crippen molar-refractivity contribution in [1.82, 2.24) is 30.6 Å². The summed E-state index contributed by atoms with van der Waals surface area (Å²) < 4.78 is 7.84. The average molecular weight is 445 g/mol. The predicted molar refractivity (Wildman–Crippen MR) is 97.0 cm³/mol. The van der Waals surface area contributed by atoms with E-state index in [1.165, 1.54) is 6.33 Å². The highest BCUT2D eigenvalue weighted by Crippen LogP contribution is 2.35. The Balaban J connectivity index is 1.71. The van der Waals surface area contributed by atoms with Crippen LogP contribution >= 0.6 is 22.6 Å². The van der Waals surface area contributed by atoms with E-state index in [0.29, 0.717) is 11.5 Å². The first-order valence-electron chi connectivity index (χ1n) is 7.65. The fourth-order valence-electron chi connectivity index (χ4n) is 2.58. The van der Waals surface area contributed by atoms with Gasteiger partial charge in [0.25, 0.3) is 0 Å². The molecule has 2 atom stereocenters. The number of hydrogen-bond acceptors (Lipinski definition) is 7. The molecule has 1 saturated carbocycles. The van der Waals surface area contributed by atoms with Crippen LogP contribution in [0.15, 0.2) is 6.33 Å². The zero-order valence-electron chi connectivity index (χ0n) is 13.7. The number of nitrogens with one attached hydrogen (secondary N) is 2. The molecule has 0 saturated heterocycles. The minimum absolute atomic E-state index is 0.0487. The lowest BCUT2D eigenvalue weighted by Crippen LogP contribution is -2.53. The fourth-order valence-corrected chi connectivity index (χ4v) is 3.33. The van der Waals surface area contributed by atoms with Gasteiger partial charge in [0.15, 0.2) is 5.65 Å². The van der Waals surface area contributed by atoms with E-state index in [1.54, 1.807) is 0 Å². The summed E-state index contributed by atoms with van der Waals surface area (Å²) in [6, 6.07) is 0.132. The van der Waals surface area contributed by atoms with E-state index in [9.17, 15) is 4.79 Å². The maximum absolute atomic E-state index is 11.8. The summed E-state index contributed by atoms with van der Waals surface area (Å²) >= 11 is 2.13. The second-order valence-electron chi connectivity index (χ2n) is 6.72. The van der Waals surface area contributed by atoms with E-state index in [0.717, 1.165) is 21.9 Å². The Labute approximate surface area is 152 Å². The van der Waals surface area contributed by atoms with Gasteiger partial charge in [-0.15, -0.1) is 0 Å². The molecule has 1 aliphatic carbocycles. The van der Waals surface area contributed by atoms with Crippen LogP contribution in [-0.2, 0) is 4.74 Å². The van der Waals surface area contributed by atoms with Crippen molar-refractivity contribution in [3.05, 3.63) is 10.0 Å². The molecular formula is C14H20IN7O2. The van der Waals surface area contributed by atoms with Crippen LogP contribution in [0.5, 0.6) is 0 Å². The lowest BCUT2D eigenvalue weighted by molar-refractivity contribution is 0.0455. The zero-order valence-corrected chi connectivity index (χ0v) is 15.9. The summed E-state index contributed by atoms with van der Waals surface area (Å²) in [7, 11) is 0. The molecule has 24 heavy (non-hydrogen) atoms. The molecule has 3 rings (SSSR count). The number of hydrogen-bond donors (Lipinski definition) is 3. The van der Waals surface area contributed by atoms with Crippen molar-refractivity contribution < 1.29 is 9.53 Å². The number of halogens is 1. The number of rotatable bonds is 3. The van der Waals surface area contributed by atoms with Gasteiger partial charge in [0, 0.05) is 6.04 Å². The third-order valence-electron chi connectivity index (χ3n) is 3.79. The van der Waals surface area contributed by atoms with E-state index >= 15 is 0 Å². The quantitative estimate of drug-likeness (QED) is 0.486. The van der Waals surface area contributed by atoms with Gasteiger partial charge in [-0.2, -0.15) is 5.10 Å². The maximum Gasteiger partial charge on any atom is 0.422 e. The Morgan fingerprint density at radius 1 is 1.42 bits per heavy atom. The Hall–Kier alpha value is -1.69. The monoisotopic (exact) mass is 445 g/mol. The van der Waals surface area contributed by atoms with Gasteiger partial charge in [-0.05, 0) is 56.2 Å². The van der Waals surface area contributed by atoms with Crippen LogP contribution in [0.25, 0.3) is 11.0 Å². The molecule has 0 unspecified atom stereocenters. The molecule has 2 heterocycles. The number of hydrazine groups is 1. The first-order valence-corrected chi connectivity index (χ1v) is 8.73. The van der Waals surface area contributed by atoms with E-state index in [1.807, 2.05) is 25.5 Å². The Bertz CT molecular complexity index is 770. The molecular weight excluding hydrogens is 425 g/mol. The van der Waals surface area contributed by atoms with Crippen LogP contribution in [0.4, 0.5) is 10.6 Å². The van der Waals surface area contributed by atoms with Gasteiger partial charge in [-0.3, -0.25) is 5.43 Å². The summed E-state index contributed by atoms with van der Waals surface area (Å²) in [5, 5.41) is 5.31. The second-order valence-corrected chi connectivity index (χ2v) is 7.74. The summed E-state index contributed by atoms with van der Waals surface area (Å²) in [5.74, 6) is 0.423. The standard InChI is InChI=1S/C14H20IN7O2/c1-14(2,3)24-13(23)20-19-7-4-5-8(7)22-12-9(10(15)21-22)11(16)17-6-18-12/h6-8,19H,4-5H2,1-3H3,(H,20,23)(H2,16,17,18)/t7-,8-/m1/s1. The third-order valence-corrected chi connectivity index (χ3v) is 4.54. The number of ether oxygens (including phenoxy) is 1. The van der Waals surface area contributed by atoms with Gasteiger partial charge in [0.1, 0.15) is 21.4 Å². The average Bonchev–Trinajstić information content (AvgIpc) is 2.74. The van der Waals surface area contributed by atoms with Gasteiger partial charge in [-0.1, -0.05) is 0 Å². The summed E-state index contributed by atoms with van der Waals surface area (Å²) in [5.41, 5.74) is 11.7. The maximum atomic E-state index is 11.8. The van der Waals surface area contributed by atoms with E-state index < -0.39 is 11.7 Å². The van der Waals surface area contributed by atoms with Gasteiger partial charge in [0.05, 0.1) is 11.4 Å². The minimum atomic E-state index is -0.534. The molecule has 1 amide bonds. The topological polar surface area (TPSA) is 120 Å². The van der Waals surface area contributed by atoms with E-state index in [4.69, 9.17) is 10.5 Å². The summed E-state index contributed by atoms with van der Waals surface area (Å²) in [6.07, 6.45) is 2.79. The number of aromatic nitrogens is 4. The number of fused-ring (bicyclic) bond motifs is 1.